The molecule has 2 aliphatic heterocycles. The molecule has 1 aliphatic carbocycles. The molecular weight excluding hydrogens is 533 g/mol. The number of piperazine rings is 1. The lowest BCUT2D eigenvalue weighted by Gasteiger charge is -2.33. The van der Waals surface area contributed by atoms with Gasteiger partial charge in [-0.05, 0) is 79.5 Å². The Bertz CT molecular complexity index is 1090. The molecule has 0 spiro atoms. The highest BCUT2D eigenvalue weighted by Gasteiger charge is 2.37. The van der Waals surface area contributed by atoms with E-state index in [0.29, 0.717) is 22.0 Å². The average molecular weight is 567 g/mol. The second kappa shape index (κ2) is 12.4. The molecule has 5 rings (SSSR count). The highest BCUT2D eigenvalue weighted by atomic mass is 35.5. The molecule has 0 radical (unpaired) electrons. The number of aliphatic hydroxyl groups excluding tert-OH is 1. The summed E-state index contributed by atoms with van der Waals surface area (Å²) in [6, 6.07) is 11.6. The largest absolute Gasteiger partial charge is 0.393 e. The Labute approximate surface area is 234 Å². The van der Waals surface area contributed by atoms with E-state index in [9.17, 15) is 14.7 Å². The maximum absolute atomic E-state index is 13.1. The van der Waals surface area contributed by atoms with E-state index in [1.807, 2.05) is 46.2 Å². The Hall–Kier alpha value is -1.83. The van der Waals surface area contributed by atoms with Gasteiger partial charge in [0.05, 0.1) is 6.10 Å². The lowest BCUT2D eigenvalue weighted by molar-refractivity contribution is -0.133. The molecule has 6 nitrogen and oxygen atoms in total. The van der Waals surface area contributed by atoms with Gasteiger partial charge in [0.25, 0.3) is 5.91 Å². The van der Waals surface area contributed by atoms with E-state index < -0.39 is 0 Å². The average Bonchev–Trinajstić information content (AvgIpc) is 3.26. The molecule has 2 aromatic rings. The summed E-state index contributed by atoms with van der Waals surface area (Å²) in [5.41, 5.74) is 3.30. The van der Waals surface area contributed by atoms with Crippen molar-refractivity contribution >= 4 is 47.4 Å². The Morgan fingerprint density at radius 1 is 0.919 bits per heavy atom. The highest BCUT2D eigenvalue weighted by Crippen LogP contribution is 2.36. The van der Waals surface area contributed by atoms with Gasteiger partial charge in [0.2, 0.25) is 5.91 Å². The Kier molecular flexibility index (Phi) is 9.41. The molecule has 3 fully saturated rings. The van der Waals surface area contributed by atoms with Crippen molar-refractivity contribution < 1.29 is 14.7 Å². The van der Waals surface area contributed by atoms with Crippen LogP contribution in [-0.2, 0) is 11.2 Å². The first-order valence-corrected chi connectivity index (χ1v) is 13.7. The normalized spacial score (nSPS) is 24.2. The standard InChI is InChI=1S/C28H33Cl2N3O3.ClH/c29-25-16-21(18-1-3-19(4-2-18)27(35)32-13-10-31-11-14-32)17-26(30)24(25)15-20-9-12-33(28(20)36)22-5-7-23(34)8-6-22;/h1-4,16-17,20,22-23,31,34H,5-15H2;1H/t20-,22?,23?;/m0./s1. The van der Waals surface area contributed by atoms with Crippen LogP contribution in [0.5, 0.6) is 0 Å². The van der Waals surface area contributed by atoms with Crippen LogP contribution in [0.15, 0.2) is 36.4 Å². The zero-order chi connectivity index (χ0) is 25.2. The fourth-order valence-corrected chi connectivity index (χ4v) is 6.39. The monoisotopic (exact) mass is 565 g/mol. The summed E-state index contributed by atoms with van der Waals surface area (Å²) in [6.45, 7) is 3.85. The third-order valence-corrected chi connectivity index (χ3v) is 8.59. The maximum atomic E-state index is 13.1. The number of likely N-dealkylation sites (tertiary alicyclic amines) is 1. The van der Waals surface area contributed by atoms with Crippen LogP contribution in [0.3, 0.4) is 0 Å². The first kappa shape index (κ1) is 28.2. The molecule has 2 aromatic carbocycles. The number of halogens is 3. The first-order valence-electron chi connectivity index (χ1n) is 13.0. The lowest BCUT2D eigenvalue weighted by atomic mass is 9.92. The Morgan fingerprint density at radius 3 is 2.16 bits per heavy atom. The van der Waals surface area contributed by atoms with Gasteiger partial charge in [0, 0.05) is 60.3 Å². The van der Waals surface area contributed by atoms with Crippen LogP contribution in [0.1, 0.15) is 48.0 Å². The third kappa shape index (κ3) is 6.26. The minimum atomic E-state index is -0.227. The van der Waals surface area contributed by atoms with Crippen LogP contribution >= 0.6 is 35.6 Å². The van der Waals surface area contributed by atoms with Crippen molar-refractivity contribution in [2.45, 2.75) is 50.7 Å². The number of aliphatic hydroxyl groups is 1. The molecule has 200 valence electrons. The molecule has 2 heterocycles. The van der Waals surface area contributed by atoms with Crippen molar-refractivity contribution in [3.63, 3.8) is 0 Å². The van der Waals surface area contributed by atoms with E-state index in [1.165, 1.54) is 0 Å². The van der Waals surface area contributed by atoms with E-state index in [4.69, 9.17) is 23.2 Å². The molecule has 1 saturated carbocycles. The van der Waals surface area contributed by atoms with Crippen LogP contribution in [0.25, 0.3) is 11.1 Å². The number of hydrogen-bond donors (Lipinski definition) is 2. The third-order valence-electron chi connectivity index (χ3n) is 7.92. The zero-order valence-electron chi connectivity index (χ0n) is 20.8. The number of hydrogen-bond acceptors (Lipinski definition) is 4. The fraction of sp³-hybridized carbons (Fsp3) is 0.500. The van der Waals surface area contributed by atoms with Gasteiger partial charge in [-0.1, -0.05) is 35.3 Å². The number of carbonyl (C=O) groups excluding carboxylic acids is 2. The van der Waals surface area contributed by atoms with Crippen molar-refractivity contribution in [1.29, 1.82) is 0 Å². The minimum absolute atomic E-state index is 0. The molecule has 3 aliphatic rings. The molecule has 2 N–H and O–H groups in total. The molecule has 0 unspecified atom stereocenters. The summed E-state index contributed by atoms with van der Waals surface area (Å²) in [4.78, 5) is 29.8. The SMILES string of the molecule is Cl.O=C(c1ccc(-c2cc(Cl)c(C[C@@H]3CCN(C4CCC(O)CC4)C3=O)c(Cl)c2)cc1)N1CCNCC1. The molecule has 9 heteroatoms. The number of benzene rings is 2. The van der Waals surface area contributed by atoms with Gasteiger partial charge >= 0.3 is 0 Å². The van der Waals surface area contributed by atoms with Crippen LogP contribution in [-0.4, -0.2) is 71.6 Å². The summed E-state index contributed by atoms with van der Waals surface area (Å²) < 4.78 is 0. The first-order chi connectivity index (χ1) is 17.4. The molecule has 2 amide bonds. The molecule has 0 bridgehead atoms. The van der Waals surface area contributed by atoms with Gasteiger partial charge in [0.1, 0.15) is 0 Å². The van der Waals surface area contributed by atoms with Crippen LogP contribution in [0, 0.1) is 5.92 Å². The summed E-state index contributed by atoms with van der Waals surface area (Å²) in [5, 5.41) is 14.2. The second-order valence-electron chi connectivity index (χ2n) is 10.2. The molecule has 0 aromatic heterocycles. The number of amides is 2. The van der Waals surface area contributed by atoms with Gasteiger partial charge < -0.3 is 20.2 Å². The zero-order valence-corrected chi connectivity index (χ0v) is 23.1. The van der Waals surface area contributed by atoms with Gasteiger partial charge in [-0.3, -0.25) is 9.59 Å². The van der Waals surface area contributed by atoms with Crippen molar-refractivity contribution in [1.82, 2.24) is 15.1 Å². The van der Waals surface area contributed by atoms with Gasteiger partial charge in [0.15, 0.2) is 0 Å². The van der Waals surface area contributed by atoms with Crippen molar-refractivity contribution in [3.05, 3.63) is 57.6 Å². The Balaban J connectivity index is 0.00000320. The topological polar surface area (TPSA) is 72.9 Å². The molecule has 37 heavy (non-hydrogen) atoms. The van der Waals surface area contributed by atoms with Crippen molar-refractivity contribution in [2.75, 3.05) is 32.7 Å². The second-order valence-corrected chi connectivity index (χ2v) is 11.0. The van der Waals surface area contributed by atoms with Gasteiger partial charge in [-0.25, -0.2) is 0 Å². The van der Waals surface area contributed by atoms with E-state index in [1.54, 1.807) is 0 Å². The maximum Gasteiger partial charge on any atom is 0.253 e. The van der Waals surface area contributed by atoms with E-state index in [2.05, 4.69) is 5.32 Å². The van der Waals surface area contributed by atoms with Crippen molar-refractivity contribution in [2.24, 2.45) is 5.92 Å². The Morgan fingerprint density at radius 2 is 1.54 bits per heavy atom. The lowest BCUT2D eigenvalue weighted by Crippen LogP contribution is -2.46. The van der Waals surface area contributed by atoms with E-state index in [-0.39, 0.29) is 42.3 Å². The molecule has 1 atom stereocenters. The van der Waals surface area contributed by atoms with Crippen LogP contribution in [0.2, 0.25) is 10.0 Å². The minimum Gasteiger partial charge on any atom is -0.393 e. The number of carbonyl (C=O) groups is 2. The van der Waals surface area contributed by atoms with Crippen LogP contribution in [0.4, 0.5) is 0 Å². The van der Waals surface area contributed by atoms with Crippen LogP contribution < -0.4 is 5.32 Å². The smallest absolute Gasteiger partial charge is 0.253 e. The summed E-state index contributed by atoms with van der Waals surface area (Å²) >= 11 is 13.4. The van der Waals surface area contributed by atoms with E-state index >= 15 is 0 Å². The quantitative estimate of drug-likeness (QED) is 0.544. The van der Waals surface area contributed by atoms with Crippen molar-refractivity contribution in [3.8, 4) is 11.1 Å². The summed E-state index contributed by atoms with van der Waals surface area (Å²) in [6.07, 6.45) is 4.38. The number of rotatable bonds is 5. The predicted molar refractivity (Wildman–Crippen MR) is 150 cm³/mol. The van der Waals surface area contributed by atoms with Gasteiger partial charge in [-0.2, -0.15) is 0 Å². The van der Waals surface area contributed by atoms with Gasteiger partial charge in [-0.15, -0.1) is 12.4 Å². The van der Waals surface area contributed by atoms with E-state index in [0.717, 1.165) is 81.5 Å². The fourth-order valence-electron chi connectivity index (χ4n) is 5.75. The number of nitrogens with one attached hydrogen (secondary N) is 1. The highest BCUT2D eigenvalue weighted by molar-refractivity contribution is 6.36. The molecular formula is C28H34Cl3N3O3. The number of nitrogens with zero attached hydrogens (tertiary/aromatic N) is 2. The molecule has 2 saturated heterocycles. The summed E-state index contributed by atoms with van der Waals surface area (Å²) in [7, 11) is 0. The summed E-state index contributed by atoms with van der Waals surface area (Å²) in [5.74, 6) is 0.111. The predicted octanol–water partition coefficient (Wildman–Crippen LogP) is 4.82.